The van der Waals surface area contributed by atoms with Crippen LogP contribution in [0.1, 0.15) is 48.0 Å². The average Bonchev–Trinajstić information content (AvgIpc) is 2.45. The summed E-state index contributed by atoms with van der Waals surface area (Å²) in [5.74, 6) is -0.426. The summed E-state index contributed by atoms with van der Waals surface area (Å²) in [5.41, 5.74) is -0.561. The highest BCUT2D eigenvalue weighted by Gasteiger charge is 2.43. The van der Waals surface area contributed by atoms with E-state index in [4.69, 9.17) is 14.3 Å². The van der Waals surface area contributed by atoms with Gasteiger partial charge in [0.25, 0.3) is 0 Å². The molecule has 152 valence electrons. The Balaban J connectivity index is 2.94. The Labute approximate surface area is 158 Å². The Kier molecular flexibility index (Phi) is 7.29. The average molecular weight is 389 g/mol. The van der Waals surface area contributed by atoms with E-state index >= 15 is 0 Å². The number of aliphatic hydroxyl groups excluding tert-OH is 1. The molecule has 2 N–H and O–H groups in total. The van der Waals surface area contributed by atoms with E-state index in [0.29, 0.717) is 19.5 Å². The first kappa shape index (κ1) is 22.9. The van der Waals surface area contributed by atoms with Crippen LogP contribution < -0.4 is 5.32 Å². The second-order valence-corrected chi connectivity index (χ2v) is 14.2. The number of likely N-dealkylation sites (tertiary alicyclic amines) is 1. The molecule has 26 heavy (non-hydrogen) atoms. The van der Waals surface area contributed by atoms with Crippen molar-refractivity contribution in [1.29, 1.82) is 0 Å². The Hall–Kier alpha value is -1.12. The Morgan fingerprint density at radius 3 is 2.23 bits per heavy atom. The number of rotatable bonds is 4. The summed E-state index contributed by atoms with van der Waals surface area (Å²) < 4.78 is 12.0. The smallest absolute Gasteiger partial charge is 0.410 e. The molecule has 1 rings (SSSR count). The minimum atomic E-state index is -2.10. The van der Waals surface area contributed by atoms with Gasteiger partial charge in [-0.15, -0.1) is 0 Å². The SMILES string of the molecule is CC(C)(C)OC(=O)N1CC[C@@H](NC(=O)CO)[C@H](O[Si](C)(C)C(C)(C)C)C1. The van der Waals surface area contributed by atoms with Crippen molar-refractivity contribution in [2.75, 3.05) is 19.7 Å². The maximum absolute atomic E-state index is 12.4. The Morgan fingerprint density at radius 2 is 1.77 bits per heavy atom. The van der Waals surface area contributed by atoms with E-state index in [-0.39, 0.29) is 23.3 Å². The highest BCUT2D eigenvalue weighted by atomic mass is 28.4. The third-order valence-electron chi connectivity index (χ3n) is 4.95. The molecular weight excluding hydrogens is 352 g/mol. The predicted molar refractivity (Wildman–Crippen MR) is 104 cm³/mol. The zero-order chi connectivity index (χ0) is 20.3. The number of aliphatic hydroxyl groups is 1. The van der Waals surface area contributed by atoms with Crippen LogP contribution >= 0.6 is 0 Å². The fourth-order valence-electron chi connectivity index (χ4n) is 2.50. The molecule has 0 aromatic heterocycles. The van der Waals surface area contributed by atoms with Crippen LogP contribution in [-0.4, -0.2) is 67.8 Å². The maximum atomic E-state index is 12.4. The third-order valence-corrected chi connectivity index (χ3v) is 9.46. The van der Waals surface area contributed by atoms with Crippen molar-refractivity contribution in [1.82, 2.24) is 10.2 Å². The van der Waals surface area contributed by atoms with Crippen molar-refractivity contribution in [2.45, 2.75) is 83.8 Å². The van der Waals surface area contributed by atoms with Gasteiger partial charge in [-0.1, -0.05) is 20.8 Å². The number of amides is 2. The van der Waals surface area contributed by atoms with Gasteiger partial charge in [0, 0.05) is 6.54 Å². The first-order valence-corrected chi connectivity index (χ1v) is 12.1. The van der Waals surface area contributed by atoms with Gasteiger partial charge < -0.3 is 24.5 Å². The second kappa shape index (κ2) is 8.27. The first-order chi connectivity index (χ1) is 11.7. The molecule has 2 amide bonds. The zero-order valence-electron chi connectivity index (χ0n) is 17.5. The fourth-order valence-corrected chi connectivity index (χ4v) is 3.85. The zero-order valence-corrected chi connectivity index (χ0v) is 18.5. The monoisotopic (exact) mass is 388 g/mol. The van der Waals surface area contributed by atoms with Gasteiger partial charge in [0.1, 0.15) is 12.2 Å². The summed E-state index contributed by atoms with van der Waals surface area (Å²) in [6.45, 7) is 16.5. The molecule has 0 bridgehead atoms. The molecule has 1 aliphatic rings. The molecule has 8 heteroatoms. The van der Waals surface area contributed by atoms with Gasteiger partial charge in [-0.25, -0.2) is 4.79 Å². The van der Waals surface area contributed by atoms with Crippen molar-refractivity contribution in [3.63, 3.8) is 0 Å². The number of nitrogens with zero attached hydrogens (tertiary/aromatic N) is 1. The van der Waals surface area contributed by atoms with E-state index < -0.39 is 26.4 Å². The van der Waals surface area contributed by atoms with Crippen molar-refractivity contribution in [2.24, 2.45) is 0 Å². The third kappa shape index (κ3) is 6.55. The van der Waals surface area contributed by atoms with Crippen molar-refractivity contribution >= 4 is 20.3 Å². The van der Waals surface area contributed by atoms with E-state index in [2.05, 4.69) is 39.2 Å². The van der Waals surface area contributed by atoms with E-state index in [1.54, 1.807) is 4.90 Å². The molecule has 1 fully saturated rings. The van der Waals surface area contributed by atoms with Gasteiger partial charge in [0.05, 0.1) is 18.7 Å². The highest BCUT2D eigenvalue weighted by Crippen LogP contribution is 2.38. The lowest BCUT2D eigenvalue weighted by Crippen LogP contribution is -2.60. The summed E-state index contributed by atoms with van der Waals surface area (Å²) in [5, 5.41) is 11.9. The van der Waals surface area contributed by atoms with E-state index in [1.165, 1.54) is 0 Å². The van der Waals surface area contributed by atoms with Gasteiger partial charge >= 0.3 is 6.09 Å². The van der Waals surface area contributed by atoms with Crippen LogP contribution in [0.25, 0.3) is 0 Å². The summed E-state index contributed by atoms with van der Waals surface area (Å²) in [7, 11) is -2.10. The molecular formula is C18H36N2O5Si. The lowest BCUT2D eigenvalue weighted by molar-refractivity contribution is -0.125. The molecule has 0 aliphatic carbocycles. The molecule has 0 unspecified atom stereocenters. The lowest BCUT2D eigenvalue weighted by Gasteiger charge is -2.45. The summed E-state index contributed by atoms with van der Waals surface area (Å²) in [6, 6.07) is -0.234. The number of nitrogens with one attached hydrogen (secondary N) is 1. The van der Waals surface area contributed by atoms with Gasteiger partial charge in [-0.2, -0.15) is 0 Å². The van der Waals surface area contributed by atoms with Gasteiger partial charge in [-0.3, -0.25) is 4.79 Å². The minimum absolute atomic E-state index is 0.00668. The number of piperidine rings is 1. The van der Waals surface area contributed by atoms with Gasteiger partial charge in [-0.05, 0) is 45.3 Å². The minimum Gasteiger partial charge on any atom is -0.444 e. The van der Waals surface area contributed by atoms with E-state index in [9.17, 15) is 9.59 Å². The normalized spacial score (nSPS) is 22.1. The molecule has 0 aromatic carbocycles. The summed E-state index contributed by atoms with van der Waals surface area (Å²) in [6.07, 6.45) is -0.134. The second-order valence-electron chi connectivity index (χ2n) is 9.46. The summed E-state index contributed by atoms with van der Waals surface area (Å²) >= 11 is 0. The van der Waals surface area contributed by atoms with Gasteiger partial charge in [0.2, 0.25) is 5.91 Å². The largest absolute Gasteiger partial charge is 0.444 e. The molecule has 1 heterocycles. The van der Waals surface area contributed by atoms with Crippen molar-refractivity contribution in [3.8, 4) is 0 Å². The van der Waals surface area contributed by atoms with Crippen LogP contribution in [0.5, 0.6) is 0 Å². The number of carbonyl (C=O) groups is 2. The molecule has 0 spiro atoms. The molecule has 0 saturated carbocycles. The molecule has 0 radical (unpaired) electrons. The molecule has 7 nitrogen and oxygen atoms in total. The van der Waals surface area contributed by atoms with Crippen molar-refractivity contribution in [3.05, 3.63) is 0 Å². The topological polar surface area (TPSA) is 88.1 Å². The number of hydrogen-bond acceptors (Lipinski definition) is 5. The Morgan fingerprint density at radius 1 is 1.19 bits per heavy atom. The summed E-state index contributed by atoms with van der Waals surface area (Å²) in [4.78, 5) is 25.8. The lowest BCUT2D eigenvalue weighted by atomic mass is 10.0. The van der Waals surface area contributed by atoms with Crippen LogP contribution in [0.4, 0.5) is 4.79 Å². The molecule has 2 atom stereocenters. The number of hydrogen-bond donors (Lipinski definition) is 2. The van der Waals surface area contributed by atoms with Crippen LogP contribution in [0.2, 0.25) is 18.1 Å². The molecule has 0 aromatic rings. The van der Waals surface area contributed by atoms with E-state index in [1.807, 2.05) is 20.8 Å². The Bertz CT molecular complexity index is 511. The predicted octanol–water partition coefficient (Wildman–Crippen LogP) is 2.49. The van der Waals surface area contributed by atoms with Gasteiger partial charge in [0.15, 0.2) is 8.32 Å². The van der Waals surface area contributed by atoms with Crippen LogP contribution in [0, 0.1) is 0 Å². The standard InChI is InChI=1S/C18H36N2O5Si/c1-17(2,3)24-16(23)20-10-9-13(19-15(22)12-21)14(11-20)25-26(7,8)18(4,5)6/h13-14,21H,9-12H2,1-8H3,(H,19,22)/t13-,14-/m1/s1. The van der Waals surface area contributed by atoms with Crippen LogP contribution in [-0.2, 0) is 14.0 Å². The molecule has 1 saturated heterocycles. The quantitative estimate of drug-likeness (QED) is 0.723. The number of ether oxygens (including phenoxy) is 1. The molecule has 1 aliphatic heterocycles. The fraction of sp³-hybridized carbons (Fsp3) is 0.889. The van der Waals surface area contributed by atoms with Crippen LogP contribution in [0.15, 0.2) is 0 Å². The van der Waals surface area contributed by atoms with Crippen molar-refractivity contribution < 1.29 is 23.9 Å². The van der Waals surface area contributed by atoms with Crippen LogP contribution in [0.3, 0.4) is 0 Å². The van der Waals surface area contributed by atoms with E-state index in [0.717, 1.165) is 0 Å². The number of carbonyl (C=O) groups excluding carboxylic acids is 2. The maximum Gasteiger partial charge on any atom is 0.410 e. The first-order valence-electron chi connectivity index (χ1n) is 9.22. The highest BCUT2D eigenvalue weighted by molar-refractivity contribution is 6.74.